The Bertz CT molecular complexity index is 1360. The molecular formula is C26H19ClN4O. The molecule has 0 spiro atoms. The molecule has 0 aliphatic carbocycles. The molecule has 5 rings (SSSR count). The number of nitrogens with one attached hydrogen (secondary N) is 1. The first-order valence-corrected chi connectivity index (χ1v) is 10.5. The Morgan fingerprint density at radius 1 is 0.812 bits per heavy atom. The lowest BCUT2D eigenvalue weighted by Crippen LogP contribution is -2.00. The van der Waals surface area contributed by atoms with Crippen LogP contribution in [0.15, 0.2) is 97.3 Å². The molecule has 0 aliphatic rings. The van der Waals surface area contributed by atoms with E-state index in [4.69, 9.17) is 26.3 Å². The average Bonchev–Trinajstić information content (AvgIpc) is 2.85. The van der Waals surface area contributed by atoms with E-state index in [0.717, 1.165) is 39.3 Å². The van der Waals surface area contributed by atoms with Gasteiger partial charge in [-0.2, -0.15) is 0 Å². The number of pyridine rings is 1. The molecule has 0 radical (unpaired) electrons. The minimum Gasteiger partial charge on any atom is -0.489 e. The van der Waals surface area contributed by atoms with Crippen LogP contribution in [0.25, 0.3) is 22.3 Å². The summed E-state index contributed by atoms with van der Waals surface area (Å²) in [5.74, 6) is 2.12. The number of aromatic nitrogens is 3. The molecular weight excluding hydrogens is 420 g/mol. The lowest BCUT2D eigenvalue weighted by atomic mass is 10.2. The van der Waals surface area contributed by atoms with Gasteiger partial charge in [-0.25, -0.2) is 9.97 Å². The molecule has 6 heteroatoms. The summed E-state index contributed by atoms with van der Waals surface area (Å²) in [6, 6.07) is 27.2. The number of fused-ring (bicyclic) bond motifs is 1. The van der Waals surface area contributed by atoms with Gasteiger partial charge in [0.1, 0.15) is 18.2 Å². The van der Waals surface area contributed by atoms with Crippen molar-refractivity contribution in [2.45, 2.75) is 6.61 Å². The van der Waals surface area contributed by atoms with Crippen LogP contribution in [0.1, 0.15) is 5.56 Å². The molecule has 2 heterocycles. The van der Waals surface area contributed by atoms with Gasteiger partial charge in [0.15, 0.2) is 5.82 Å². The third kappa shape index (κ3) is 4.38. The number of halogens is 1. The van der Waals surface area contributed by atoms with Crippen molar-refractivity contribution in [1.29, 1.82) is 0 Å². The average molecular weight is 439 g/mol. The summed E-state index contributed by atoms with van der Waals surface area (Å²) in [4.78, 5) is 13.7. The Morgan fingerprint density at radius 3 is 2.44 bits per heavy atom. The van der Waals surface area contributed by atoms with Gasteiger partial charge in [-0.05, 0) is 54.6 Å². The Morgan fingerprint density at radius 2 is 1.62 bits per heavy atom. The minimum atomic E-state index is 0.414. The summed E-state index contributed by atoms with van der Waals surface area (Å²) in [5, 5.41) is 5.06. The van der Waals surface area contributed by atoms with E-state index in [1.54, 1.807) is 12.4 Å². The van der Waals surface area contributed by atoms with E-state index in [2.05, 4.69) is 10.3 Å². The van der Waals surface area contributed by atoms with Gasteiger partial charge in [0.2, 0.25) is 0 Å². The lowest BCUT2D eigenvalue weighted by molar-refractivity contribution is 0.306. The zero-order chi connectivity index (χ0) is 21.8. The number of nitrogens with zero attached hydrogens (tertiary/aromatic N) is 3. The van der Waals surface area contributed by atoms with E-state index in [1.165, 1.54) is 0 Å². The predicted molar refractivity (Wildman–Crippen MR) is 128 cm³/mol. The maximum Gasteiger partial charge on any atom is 0.163 e. The molecule has 0 amide bonds. The number of rotatable bonds is 6. The molecule has 0 saturated heterocycles. The van der Waals surface area contributed by atoms with Gasteiger partial charge in [0.25, 0.3) is 0 Å². The van der Waals surface area contributed by atoms with E-state index in [-0.39, 0.29) is 0 Å². The number of ether oxygens (including phenoxy) is 1. The van der Waals surface area contributed by atoms with Crippen LogP contribution in [0.5, 0.6) is 5.75 Å². The predicted octanol–water partition coefficient (Wildman–Crippen LogP) is 6.67. The SMILES string of the molecule is Clc1ccccc1COc1ccc(Nc2nc(-c3cccnc3)nc3ccccc23)cc1. The minimum absolute atomic E-state index is 0.414. The first-order valence-electron chi connectivity index (χ1n) is 10.2. The molecule has 0 unspecified atom stereocenters. The standard InChI is InChI=1S/C26H19ClN4O/c27-23-9-3-1-6-19(23)17-32-21-13-11-20(12-14-21)29-26-22-8-2-4-10-24(22)30-25(31-26)18-7-5-15-28-16-18/h1-16H,17H2,(H,29,30,31). The monoisotopic (exact) mass is 438 g/mol. The zero-order valence-corrected chi connectivity index (χ0v) is 17.8. The van der Waals surface area contributed by atoms with Crippen LogP contribution in [0, 0.1) is 0 Å². The molecule has 5 aromatic rings. The number of para-hydroxylation sites is 1. The fourth-order valence-corrected chi connectivity index (χ4v) is 3.53. The summed E-state index contributed by atoms with van der Waals surface area (Å²) in [6.07, 6.45) is 3.50. The van der Waals surface area contributed by atoms with Gasteiger partial charge < -0.3 is 10.1 Å². The van der Waals surface area contributed by atoms with Crippen molar-refractivity contribution < 1.29 is 4.74 Å². The molecule has 0 saturated carbocycles. The van der Waals surface area contributed by atoms with Crippen LogP contribution in [-0.4, -0.2) is 15.0 Å². The normalized spacial score (nSPS) is 10.8. The van der Waals surface area contributed by atoms with Crippen LogP contribution in [0.4, 0.5) is 11.5 Å². The Labute approximate surface area is 190 Å². The highest BCUT2D eigenvalue weighted by molar-refractivity contribution is 6.31. The Hall–Kier alpha value is -3.96. The molecule has 0 bridgehead atoms. The summed E-state index contributed by atoms with van der Waals surface area (Å²) in [7, 11) is 0. The molecule has 156 valence electrons. The van der Waals surface area contributed by atoms with Crippen molar-refractivity contribution >= 4 is 34.0 Å². The number of anilines is 2. The van der Waals surface area contributed by atoms with Crippen molar-refractivity contribution in [3.63, 3.8) is 0 Å². The van der Waals surface area contributed by atoms with Crippen molar-refractivity contribution in [1.82, 2.24) is 15.0 Å². The topological polar surface area (TPSA) is 59.9 Å². The fraction of sp³-hybridized carbons (Fsp3) is 0.0385. The maximum absolute atomic E-state index is 6.20. The maximum atomic E-state index is 6.20. The van der Waals surface area contributed by atoms with E-state index in [9.17, 15) is 0 Å². The third-order valence-electron chi connectivity index (χ3n) is 4.99. The quantitative estimate of drug-likeness (QED) is 0.321. The molecule has 32 heavy (non-hydrogen) atoms. The second-order valence-corrected chi connectivity index (χ2v) is 7.59. The summed E-state index contributed by atoms with van der Waals surface area (Å²) < 4.78 is 5.88. The van der Waals surface area contributed by atoms with E-state index in [1.807, 2.05) is 84.9 Å². The lowest BCUT2D eigenvalue weighted by Gasteiger charge is -2.12. The van der Waals surface area contributed by atoms with Gasteiger partial charge >= 0.3 is 0 Å². The van der Waals surface area contributed by atoms with Crippen molar-refractivity contribution in [2.24, 2.45) is 0 Å². The van der Waals surface area contributed by atoms with Gasteiger partial charge in [-0.1, -0.05) is 41.9 Å². The zero-order valence-electron chi connectivity index (χ0n) is 17.1. The molecule has 0 fully saturated rings. The van der Waals surface area contributed by atoms with Crippen molar-refractivity contribution in [2.75, 3.05) is 5.32 Å². The first kappa shape index (κ1) is 20.0. The highest BCUT2D eigenvalue weighted by Crippen LogP contribution is 2.28. The second-order valence-electron chi connectivity index (χ2n) is 7.18. The molecule has 5 nitrogen and oxygen atoms in total. The number of hydrogen-bond acceptors (Lipinski definition) is 5. The molecule has 1 N–H and O–H groups in total. The first-order chi connectivity index (χ1) is 15.8. The molecule has 3 aromatic carbocycles. The second kappa shape index (κ2) is 9.04. The van der Waals surface area contributed by atoms with Gasteiger partial charge in [0, 0.05) is 39.6 Å². The summed E-state index contributed by atoms with van der Waals surface area (Å²) in [5.41, 5.74) is 3.58. The van der Waals surface area contributed by atoms with E-state index in [0.29, 0.717) is 17.5 Å². The van der Waals surface area contributed by atoms with Gasteiger partial charge in [-0.15, -0.1) is 0 Å². The highest BCUT2D eigenvalue weighted by Gasteiger charge is 2.10. The molecule has 0 aliphatic heterocycles. The fourth-order valence-electron chi connectivity index (χ4n) is 3.34. The summed E-state index contributed by atoms with van der Waals surface area (Å²) in [6.45, 7) is 0.414. The van der Waals surface area contributed by atoms with Crippen LogP contribution in [-0.2, 0) is 6.61 Å². The Balaban J connectivity index is 1.39. The van der Waals surface area contributed by atoms with E-state index < -0.39 is 0 Å². The highest BCUT2D eigenvalue weighted by atomic mass is 35.5. The summed E-state index contributed by atoms with van der Waals surface area (Å²) >= 11 is 6.20. The van der Waals surface area contributed by atoms with Crippen LogP contribution in [0.2, 0.25) is 5.02 Å². The van der Waals surface area contributed by atoms with Crippen LogP contribution < -0.4 is 10.1 Å². The van der Waals surface area contributed by atoms with Crippen molar-refractivity contribution in [3.05, 3.63) is 108 Å². The van der Waals surface area contributed by atoms with Crippen LogP contribution in [0.3, 0.4) is 0 Å². The van der Waals surface area contributed by atoms with Gasteiger partial charge in [0.05, 0.1) is 5.52 Å². The largest absolute Gasteiger partial charge is 0.489 e. The van der Waals surface area contributed by atoms with Crippen LogP contribution >= 0.6 is 11.6 Å². The Kier molecular flexibility index (Phi) is 5.64. The van der Waals surface area contributed by atoms with E-state index >= 15 is 0 Å². The third-order valence-corrected chi connectivity index (χ3v) is 5.36. The number of hydrogen-bond donors (Lipinski definition) is 1. The van der Waals surface area contributed by atoms with Gasteiger partial charge in [-0.3, -0.25) is 4.98 Å². The molecule has 2 aromatic heterocycles. The smallest absolute Gasteiger partial charge is 0.163 e. The molecule has 0 atom stereocenters. The van der Waals surface area contributed by atoms with Crippen molar-refractivity contribution in [3.8, 4) is 17.1 Å². The number of benzene rings is 3.